The molecule has 0 aliphatic heterocycles. The van der Waals surface area contributed by atoms with Gasteiger partial charge in [0.25, 0.3) is 0 Å². The molecule has 0 unspecified atom stereocenters. The standard InChI is InChI=1S/C13H10ClN3S/c14-10-4-3-9(6-15)11(5-10)16-13-17-12(7-18-13)8-1-2-8/h3-5,7-8H,1-2H2,(H,16,17). The summed E-state index contributed by atoms with van der Waals surface area (Å²) in [5.74, 6) is 0.645. The van der Waals surface area contributed by atoms with E-state index in [1.807, 2.05) is 0 Å². The van der Waals surface area contributed by atoms with Crippen molar-refractivity contribution in [2.45, 2.75) is 18.8 Å². The Hall–Kier alpha value is -1.57. The Morgan fingerprint density at radius 2 is 2.28 bits per heavy atom. The summed E-state index contributed by atoms with van der Waals surface area (Å²) in [5, 5.41) is 15.7. The molecule has 0 atom stereocenters. The summed E-state index contributed by atoms with van der Waals surface area (Å²) in [7, 11) is 0. The fourth-order valence-electron chi connectivity index (χ4n) is 1.74. The lowest BCUT2D eigenvalue weighted by atomic mass is 10.2. The maximum atomic E-state index is 9.04. The zero-order valence-corrected chi connectivity index (χ0v) is 11.1. The smallest absolute Gasteiger partial charge is 0.187 e. The van der Waals surface area contributed by atoms with E-state index >= 15 is 0 Å². The van der Waals surface area contributed by atoms with E-state index in [0.717, 1.165) is 10.8 Å². The van der Waals surface area contributed by atoms with Crippen molar-refractivity contribution in [1.29, 1.82) is 5.26 Å². The molecule has 2 aromatic rings. The van der Waals surface area contributed by atoms with Gasteiger partial charge in [0.2, 0.25) is 0 Å². The molecule has 3 nitrogen and oxygen atoms in total. The monoisotopic (exact) mass is 275 g/mol. The van der Waals surface area contributed by atoms with Gasteiger partial charge >= 0.3 is 0 Å². The van der Waals surface area contributed by atoms with Crippen molar-refractivity contribution in [2.24, 2.45) is 0 Å². The number of hydrogen-bond acceptors (Lipinski definition) is 4. The van der Waals surface area contributed by atoms with Crippen LogP contribution in [0, 0.1) is 11.3 Å². The zero-order valence-electron chi connectivity index (χ0n) is 9.48. The lowest BCUT2D eigenvalue weighted by molar-refractivity contribution is 1.05. The number of hydrogen-bond donors (Lipinski definition) is 1. The Bertz CT molecular complexity index is 625. The predicted molar refractivity (Wildman–Crippen MR) is 73.5 cm³/mol. The Morgan fingerprint density at radius 1 is 1.44 bits per heavy atom. The highest BCUT2D eigenvalue weighted by Crippen LogP contribution is 2.41. The molecule has 1 saturated carbocycles. The Morgan fingerprint density at radius 3 is 3.00 bits per heavy atom. The molecule has 1 heterocycles. The van der Waals surface area contributed by atoms with Crippen LogP contribution in [0.4, 0.5) is 10.8 Å². The zero-order chi connectivity index (χ0) is 12.5. The molecule has 1 fully saturated rings. The van der Waals surface area contributed by atoms with Crippen LogP contribution in [0.3, 0.4) is 0 Å². The minimum absolute atomic E-state index is 0.572. The molecule has 90 valence electrons. The molecular weight excluding hydrogens is 266 g/mol. The van der Waals surface area contributed by atoms with Crippen LogP contribution in [0.25, 0.3) is 0 Å². The summed E-state index contributed by atoms with van der Waals surface area (Å²) in [6.45, 7) is 0. The quantitative estimate of drug-likeness (QED) is 0.909. The van der Waals surface area contributed by atoms with Gasteiger partial charge in [0.1, 0.15) is 6.07 Å². The summed E-state index contributed by atoms with van der Waals surface area (Å²) < 4.78 is 0. The molecule has 0 saturated heterocycles. The largest absolute Gasteiger partial charge is 0.330 e. The number of nitrogens with one attached hydrogen (secondary N) is 1. The van der Waals surface area contributed by atoms with Gasteiger partial charge in [-0.15, -0.1) is 11.3 Å². The topological polar surface area (TPSA) is 48.7 Å². The number of nitrogens with zero attached hydrogens (tertiary/aromatic N) is 2. The number of thiazole rings is 1. The van der Waals surface area contributed by atoms with E-state index in [0.29, 0.717) is 22.2 Å². The average molecular weight is 276 g/mol. The third kappa shape index (κ3) is 2.33. The van der Waals surface area contributed by atoms with Crippen molar-refractivity contribution in [3.63, 3.8) is 0 Å². The maximum absolute atomic E-state index is 9.04. The first-order valence-electron chi connectivity index (χ1n) is 5.68. The molecule has 0 spiro atoms. The van der Waals surface area contributed by atoms with Crippen LogP contribution >= 0.6 is 22.9 Å². The molecule has 1 aliphatic rings. The van der Waals surface area contributed by atoms with Crippen molar-refractivity contribution in [2.75, 3.05) is 5.32 Å². The maximum Gasteiger partial charge on any atom is 0.187 e. The molecule has 0 amide bonds. The van der Waals surface area contributed by atoms with Crippen molar-refractivity contribution < 1.29 is 0 Å². The summed E-state index contributed by atoms with van der Waals surface area (Å²) in [6, 6.07) is 7.31. The van der Waals surface area contributed by atoms with E-state index in [-0.39, 0.29) is 0 Å². The first-order valence-corrected chi connectivity index (χ1v) is 6.94. The Balaban J connectivity index is 1.86. The van der Waals surface area contributed by atoms with Gasteiger partial charge in [-0.1, -0.05) is 11.6 Å². The van der Waals surface area contributed by atoms with Crippen LogP contribution < -0.4 is 5.32 Å². The van der Waals surface area contributed by atoms with Crippen LogP contribution in [-0.4, -0.2) is 4.98 Å². The first-order chi connectivity index (χ1) is 8.76. The van der Waals surface area contributed by atoms with E-state index in [1.54, 1.807) is 29.5 Å². The van der Waals surface area contributed by atoms with E-state index in [1.165, 1.54) is 12.8 Å². The van der Waals surface area contributed by atoms with Crippen LogP contribution in [0.15, 0.2) is 23.6 Å². The summed E-state index contributed by atoms with van der Waals surface area (Å²) in [6.07, 6.45) is 2.48. The second-order valence-electron chi connectivity index (χ2n) is 4.28. The van der Waals surface area contributed by atoms with Crippen LogP contribution in [0.5, 0.6) is 0 Å². The molecular formula is C13H10ClN3S. The minimum Gasteiger partial charge on any atom is -0.330 e. The summed E-state index contributed by atoms with van der Waals surface area (Å²) in [4.78, 5) is 4.53. The van der Waals surface area contributed by atoms with E-state index in [9.17, 15) is 0 Å². The van der Waals surface area contributed by atoms with Gasteiger partial charge in [-0.2, -0.15) is 5.26 Å². The number of rotatable bonds is 3. The second-order valence-corrected chi connectivity index (χ2v) is 5.57. The van der Waals surface area contributed by atoms with E-state index < -0.39 is 0 Å². The highest BCUT2D eigenvalue weighted by molar-refractivity contribution is 7.13. The normalized spacial score (nSPS) is 14.2. The van der Waals surface area contributed by atoms with Gasteiger partial charge in [0.05, 0.1) is 16.9 Å². The van der Waals surface area contributed by atoms with Gasteiger partial charge in [-0.25, -0.2) is 4.98 Å². The SMILES string of the molecule is N#Cc1ccc(Cl)cc1Nc1nc(C2CC2)cs1. The molecule has 1 aliphatic carbocycles. The van der Waals surface area contributed by atoms with Gasteiger partial charge in [0.15, 0.2) is 5.13 Å². The third-order valence-electron chi connectivity index (χ3n) is 2.86. The number of benzene rings is 1. The van der Waals surface area contributed by atoms with Gasteiger partial charge in [-0.05, 0) is 31.0 Å². The predicted octanol–water partition coefficient (Wildman–Crippen LogP) is 4.29. The molecule has 18 heavy (non-hydrogen) atoms. The molecule has 0 bridgehead atoms. The van der Waals surface area contributed by atoms with Crippen LogP contribution in [0.1, 0.15) is 30.0 Å². The lowest BCUT2D eigenvalue weighted by Crippen LogP contribution is -1.93. The summed E-state index contributed by atoms with van der Waals surface area (Å²) >= 11 is 7.50. The molecule has 0 radical (unpaired) electrons. The fourth-order valence-corrected chi connectivity index (χ4v) is 2.72. The molecule has 1 aromatic heterocycles. The van der Waals surface area contributed by atoms with Gasteiger partial charge in [0, 0.05) is 16.3 Å². The number of aromatic nitrogens is 1. The highest BCUT2D eigenvalue weighted by Gasteiger charge is 2.26. The average Bonchev–Trinajstić information content (AvgIpc) is 3.11. The van der Waals surface area contributed by atoms with Crippen molar-refractivity contribution in [3.05, 3.63) is 39.9 Å². The molecule has 1 N–H and O–H groups in total. The van der Waals surface area contributed by atoms with Crippen molar-refractivity contribution in [3.8, 4) is 6.07 Å². The molecule has 3 rings (SSSR count). The second kappa shape index (κ2) is 4.60. The third-order valence-corrected chi connectivity index (χ3v) is 3.87. The van der Waals surface area contributed by atoms with E-state index in [2.05, 4.69) is 21.8 Å². The van der Waals surface area contributed by atoms with Gasteiger partial charge < -0.3 is 5.32 Å². The molecule has 5 heteroatoms. The minimum atomic E-state index is 0.572. The number of halogens is 1. The number of anilines is 2. The molecule has 1 aromatic carbocycles. The Labute approximate surface area is 114 Å². The van der Waals surface area contributed by atoms with Gasteiger partial charge in [-0.3, -0.25) is 0 Å². The van der Waals surface area contributed by atoms with Crippen LogP contribution in [-0.2, 0) is 0 Å². The summed E-state index contributed by atoms with van der Waals surface area (Å²) in [5.41, 5.74) is 2.44. The Kier molecular flexibility index (Phi) is 2.94. The lowest BCUT2D eigenvalue weighted by Gasteiger charge is -2.05. The number of nitriles is 1. The van der Waals surface area contributed by atoms with Crippen molar-refractivity contribution >= 4 is 33.8 Å². The van der Waals surface area contributed by atoms with E-state index in [4.69, 9.17) is 16.9 Å². The first kappa shape index (κ1) is 11.5. The fraction of sp³-hybridized carbons (Fsp3) is 0.231. The van der Waals surface area contributed by atoms with Crippen LogP contribution in [0.2, 0.25) is 5.02 Å². The highest BCUT2D eigenvalue weighted by atomic mass is 35.5. The van der Waals surface area contributed by atoms with Crippen molar-refractivity contribution in [1.82, 2.24) is 4.98 Å².